The van der Waals surface area contributed by atoms with Crippen molar-refractivity contribution in [2.24, 2.45) is 17.8 Å². The fourth-order valence-corrected chi connectivity index (χ4v) is 4.23. The van der Waals surface area contributed by atoms with Crippen LogP contribution in [0.2, 0.25) is 0 Å². The van der Waals surface area contributed by atoms with Crippen LogP contribution in [0.3, 0.4) is 0 Å². The van der Waals surface area contributed by atoms with Crippen molar-refractivity contribution in [2.75, 3.05) is 20.1 Å². The summed E-state index contributed by atoms with van der Waals surface area (Å²) in [4.78, 5) is 14.1. The molecule has 2 bridgehead atoms. The van der Waals surface area contributed by atoms with Crippen LogP contribution in [0.25, 0.3) is 0 Å². The number of carbonyl (C=O) groups is 1. The summed E-state index contributed by atoms with van der Waals surface area (Å²) in [5.41, 5.74) is 0. The zero-order valence-corrected chi connectivity index (χ0v) is 11.1. The van der Waals surface area contributed by atoms with Gasteiger partial charge in [-0.3, -0.25) is 4.79 Å². The zero-order valence-electron chi connectivity index (χ0n) is 11.1. The first-order valence-electron chi connectivity index (χ1n) is 7.29. The van der Waals surface area contributed by atoms with Crippen LogP contribution < -0.4 is 5.32 Å². The highest BCUT2D eigenvalue weighted by Gasteiger charge is 2.41. The summed E-state index contributed by atoms with van der Waals surface area (Å²) in [7, 11) is 1.84. The Morgan fingerprint density at radius 2 is 2.17 bits per heavy atom. The average Bonchev–Trinajstić information content (AvgIpc) is 3.04. The Bertz CT molecular complexity index is 334. The predicted molar refractivity (Wildman–Crippen MR) is 69.0 cm³/mol. The van der Waals surface area contributed by atoms with E-state index in [4.69, 9.17) is 0 Å². The first-order valence-corrected chi connectivity index (χ1v) is 7.29. The molecule has 5 atom stereocenters. The SMILES string of the molecule is CN(C(=O)CC1CC2CCC1C2)[C@H]1CNC[C@@H]1O. The third-order valence-electron chi connectivity index (χ3n) is 5.36. The molecular weight excluding hydrogens is 228 g/mol. The second-order valence-corrected chi connectivity index (χ2v) is 6.44. The van der Waals surface area contributed by atoms with Crippen molar-refractivity contribution in [3.8, 4) is 0 Å². The molecule has 3 aliphatic rings. The molecule has 2 aliphatic carbocycles. The summed E-state index contributed by atoms with van der Waals surface area (Å²) in [5.74, 6) is 2.54. The number of nitrogens with zero attached hydrogens (tertiary/aromatic N) is 1. The molecule has 1 amide bonds. The lowest BCUT2D eigenvalue weighted by Gasteiger charge is -2.29. The van der Waals surface area contributed by atoms with Crippen molar-refractivity contribution in [3.05, 3.63) is 0 Å². The van der Waals surface area contributed by atoms with Crippen LogP contribution in [0, 0.1) is 17.8 Å². The Hall–Kier alpha value is -0.610. The van der Waals surface area contributed by atoms with E-state index >= 15 is 0 Å². The summed E-state index contributed by atoms with van der Waals surface area (Å²) in [6, 6.07) is -0.0314. The standard InChI is InChI=1S/C14H24N2O2/c1-16(12-7-15-8-13(12)17)14(18)6-11-5-9-2-3-10(11)4-9/h9-13,15,17H,2-8H2,1H3/t9?,10?,11?,12-,13-/m0/s1. The molecule has 4 nitrogen and oxygen atoms in total. The lowest BCUT2D eigenvalue weighted by Crippen LogP contribution is -2.44. The predicted octanol–water partition coefficient (Wildman–Crippen LogP) is 0.604. The molecule has 102 valence electrons. The van der Waals surface area contributed by atoms with Crippen LogP contribution in [0.1, 0.15) is 32.1 Å². The molecule has 18 heavy (non-hydrogen) atoms. The lowest BCUT2D eigenvalue weighted by molar-refractivity contribution is -0.134. The number of amides is 1. The summed E-state index contributed by atoms with van der Waals surface area (Å²) in [6.45, 7) is 1.33. The van der Waals surface area contributed by atoms with Gasteiger partial charge in [-0.1, -0.05) is 6.42 Å². The van der Waals surface area contributed by atoms with Gasteiger partial charge in [-0.15, -0.1) is 0 Å². The maximum atomic E-state index is 12.3. The molecule has 0 aromatic rings. The van der Waals surface area contributed by atoms with Crippen molar-refractivity contribution in [1.29, 1.82) is 0 Å². The number of rotatable bonds is 3. The minimum atomic E-state index is -0.404. The number of nitrogens with one attached hydrogen (secondary N) is 1. The van der Waals surface area contributed by atoms with Gasteiger partial charge in [-0.05, 0) is 37.0 Å². The molecule has 1 saturated heterocycles. The average molecular weight is 252 g/mol. The van der Waals surface area contributed by atoms with E-state index in [0.717, 1.165) is 18.4 Å². The molecule has 0 spiro atoms. The van der Waals surface area contributed by atoms with Crippen molar-refractivity contribution in [2.45, 2.75) is 44.2 Å². The molecule has 0 aromatic heterocycles. The van der Waals surface area contributed by atoms with Gasteiger partial charge in [0.25, 0.3) is 0 Å². The van der Waals surface area contributed by atoms with E-state index < -0.39 is 6.10 Å². The molecule has 0 radical (unpaired) electrons. The van der Waals surface area contributed by atoms with Gasteiger partial charge in [0.15, 0.2) is 0 Å². The lowest BCUT2D eigenvalue weighted by atomic mass is 9.86. The third kappa shape index (κ3) is 2.16. The van der Waals surface area contributed by atoms with E-state index in [1.54, 1.807) is 4.90 Å². The number of likely N-dealkylation sites (N-methyl/N-ethyl adjacent to an activating group) is 1. The Balaban J connectivity index is 1.55. The third-order valence-corrected chi connectivity index (χ3v) is 5.36. The minimum Gasteiger partial charge on any atom is -0.390 e. The molecule has 3 rings (SSSR count). The maximum absolute atomic E-state index is 12.3. The molecule has 3 unspecified atom stereocenters. The number of hydrogen-bond donors (Lipinski definition) is 2. The van der Waals surface area contributed by atoms with Gasteiger partial charge >= 0.3 is 0 Å². The number of hydrogen-bond acceptors (Lipinski definition) is 3. The van der Waals surface area contributed by atoms with Crippen LogP contribution >= 0.6 is 0 Å². The number of aliphatic hydroxyl groups excluding tert-OH is 1. The van der Waals surface area contributed by atoms with E-state index in [-0.39, 0.29) is 11.9 Å². The largest absolute Gasteiger partial charge is 0.390 e. The molecule has 4 heteroatoms. The molecule has 3 fully saturated rings. The summed E-state index contributed by atoms with van der Waals surface area (Å²) < 4.78 is 0. The Labute approximate surface area is 109 Å². The van der Waals surface area contributed by atoms with Crippen molar-refractivity contribution < 1.29 is 9.90 Å². The van der Waals surface area contributed by atoms with Crippen LogP contribution in [0.15, 0.2) is 0 Å². The highest BCUT2D eigenvalue weighted by atomic mass is 16.3. The van der Waals surface area contributed by atoms with E-state index in [0.29, 0.717) is 18.9 Å². The second-order valence-electron chi connectivity index (χ2n) is 6.44. The van der Waals surface area contributed by atoms with Gasteiger partial charge in [0.2, 0.25) is 5.91 Å². The fourth-order valence-electron chi connectivity index (χ4n) is 4.23. The fraction of sp³-hybridized carbons (Fsp3) is 0.929. The Kier molecular flexibility index (Phi) is 3.32. The van der Waals surface area contributed by atoms with Crippen LogP contribution in [-0.4, -0.2) is 48.2 Å². The molecule has 0 aromatic carbocycles. The van der Waals surface area contributed by atoms with Crippen molar-refractivity contribution in [1.82, 2.24) is 10.2 Å². The highest BCUT2D eigenvalue weighted by molar-refractivity contribution is 5.76. The van der Waals surface area contributed by atoms with Crippen LogP contribution in [0.5, 0.6) is 0 Å². The smallest absolute Gasteiger partial charge is 0.222 e. The van der Waals surface area contributed by atoms with Crippen molar-refractivity contribution >= 4 is 5.91 Å². The first-order chi connectivity index (χ1) is 8.65. The highest BCUT2D eigenvalue weighted by Crippen LogP contribution is 2.49. The normalized spacial score (nSPS) is 42.4. The molecule has 1 heterocycles. The molecule has 1 aliphatic heterocycles. The van der Waals surface area contributed by atoms with Crippen molar-refractivity contribution in [3.63, 3.8) is 0 Å². The number of carbonyl (C=O) groups excluding carboxylic acids is 1. The maximum Gasteiger partial charge on any atom is 0.222 e. The van der Waals surface area contributed by atoms with Gasteiger partial charge in [-0.25, -0.2) is 0 Å². The van der Waals surface area contributed by atoms with Gasteiger partial charge in [0.05, 0.1) is 12.1 Å². The Morgan fingerprint density at radius 3 is 2.72 bits per heavy atom. The topological polar surface area (TPSA) is 52.6 Å². The van der Waals surface area contributed by atoms with E-state index in [9.17, 15) is 9.90 Å². The van der Waals surface area contributed by atoms with Gasteiger partial charge in [-0.2, -0.15) is 0 Å². The minimum absolute atomic E-state index is 0.0314. The van der Waals surface area contributed by atoms with E-state index in [2.05, 4.69) is 5.32 Å². The zero-order chi connectivity index (χ0) is 12.7. The van der Waals surface area contributed by atoms with E-state index in [1.807, 2.05) is 7.05 Å². The number of aliphatic hydroxyl groups is 1. The first kappa shape index (κ1) is 12.4. The molecular formula is C14H24N2O2. The Morgan fingerprint density at radius 1 is 1.33 bits per heavy atom. The monoisotopic (exact) mass is 252 g/mol. The number of fused-ring (bicyclic) bond motifs is 2. The summed E-state index contributed by atoms with van der Waals surface area (Å²) in [5, 5.41) is 13.0. The molecule has 2 saturated carbocycles. The summed E-state index contributed by atoms with van der Waals surface area (Å²) in [6.07, 6.45) is 5.63. The van der Waals surface area contributed by atoms with E-state index in [1.165, 1.54) is 25.7 Å². The van der Waals surface area contributed by atoms with Gasteiger partial charge in [0.1, 0.15) is 0 Å². The quantitative estimate of drug-likeness (QED) is 0.773. The second kappa shape index (κ2) is 4.82. The molecule has 2 N–H and O–H groups in total. The number of β-amino-alcohol motifs (C(OH)–C–C–N with tert-alkyl or cyclic N) is 1. The summed E-state index contributed by atoms with van der Waals surface area (Å²) >= 11 is 0. The van der Waals surface area contributed by atoms with Crippen LogP contribution in [-0.2, 0) is 4.79 Å². The van der Waals surface area contributed by atoms with Gasteiger partial charge < -0.3 is 15.3 Å². The van der Waals surface area contributed by atoms with Gasteiger partial charge in [0, 0.05) is 26.6 Å². The van der Waals surface area contributed by atoms with Crippen LogP contribution in [0.4, 0.5) is 0 Å².